The van der Waals surface area contributed by atoms with E-state index < -0.39 is 23.7 Å². The highest BCUT2D eigenvalue weighted by Crippen LogP contribution is 2.25. The minimum Gasteiger partial charge on any atom is -0.477 e. The van der Waals surface area contributed by atoms with Crippen molar-refractivity contribution in [3.05, 3.63) is 50.5 Å². The maximum absolute atomic E-state index is 14.0. The van der Waals surface area contributed by atoms with Crippen LogP contribution >= 0.6 is 11.3 Å². The fourth-order valence-electron chi connectivity index (χ4n) is 2.61. The van der Waals surface area contributed by atoms with Gasteiger partial charge in [-0.2, -0.15) is 0 Å². The molecule has 0 aliphatic carbocycles. The van der Waals surface area contributed by atoms with E-state index in [4.69, 9.17) is 5.11 Å². The third-order valence-corrected chi connectivity index (χ3v) is 5.44. The quantitative estimate of drug-likeness (QED) is 0.710. The average molecular weight is 388 g/mol. The molecule has 27 heavy (non-hydrogen) atoms. The van der Waals surface area contributed by atoms with E-state index in [0.717, 1.165) is 17.4 Å². The Morgan fingerprint density at radius 3 is 2.41 bits per heavy atom. The Morgan fingerprint density at radius 1 is 1.11 bits per heavy atom. The minimum atomic E-state index is -1.06. The molecular formula is C18H17FN4O3S. The molecule has 0 spiro atoms. The van der Waals surface area contributed by atoms with Gasteiger partial charge >= 0.3 is 5.97 Å². The van der Waals surface area contributed by atoms with Gasteiger partial charge in [0.1, 0.15) is 21.2 Å². The standard InChI is InChI=1S/C18H17FN4O3S/c1-7-8(2)21-14-12(5-11(19)6-13(14)20-7)16(24)22-10(4)17-23-9(3)15(27-17)18(25)26/h5-6,10H,1-4H3,(H,22,24)(H,25,26). The van der Waals surface area contributed by atoms with Crippen molar-refractivity contribution in [2.75, 3.05) is 0 Å². The first kappa shape index (κ1) is 18.8. The van der Waals surface area contributed by atoms with Crippen molar-refractivity contribution < 1.29 is 19.1 Å². The number of aryl methyl sites for hydroxylation is 3. The Kier molecular flexibility index (Phi) is 4.88. The van der Waals surface area contributed by atoms with E-state index in [0.29, 0.717) is 33.1 Å². The van der Waals surface area contributed by atoms with Crippen molar-refractivity contribution in [1.82, 2.24) is 20.3 Å². The molecule has 7 nitrogen and oxygen atoms in total. The third-order valence-electron chi connectivity index (χ3n) is 4.12. The number of amides is 1. The van der Waals surface area contributed by atoms with E-state index in [9.17, 15) is 14.0 Å². The number of nitrogens with zero attached hydrogens (tertiary/aromatic N) is 3. The second-order valence-corrected chi connectivity index (χ2v) is 7.21. The van der Waals surface area contributed by atoms with Crippen LogP contribution in [0.3, 0.4) is 0 Å². The number of carboxylic acids is 1. The number of aromatic nitrogens is 3. The Bertz CT molecular complexity index is 1080. The van der Waals surface area contributed by atoms with Gasteiger partial charge in [-0.25, -0.2) is 24.1 Å². The second kappa shape index (κ2) is 6.99. The molecular weight excluding hydrogens is 371 g/mol. The molecule has 0 aliphatic rings. The van der Waals surface area contributed by atoms with Gasteiger partial charge in [0, 0.05) is 6.07 Å². The number of carboxylic acid groups (broad SMARTS) is 1. The van der Waals surface area contributed by atoms with Crippen LogP contribution in [0.4, 0.5) is 4.39 Å². The summed E-state index contributed by atoms with van der Waals surface area (Å²) in [7, 11) is 0. The van der Waals surface area contributed by atoms with Crippen molar-refractivity contribution in [2.45, 2.75) is 33.7 Å². The number of hydrogen-bond acceptors (Lipinski definition) is 6. The summed E-state index contributed by atoms with van der Waals surface area (Å²) in [5.41, 5.74) is 2.38. The summed E-state index contributed by atoms with van der Waals surface area (Å²) in [6.07, 6.45) is 0. The largest absolute Gasteiger partial charge is 0.477 e. The molecule has 0 bridgehead atoms. The number of fused-ring (bicyclic) bond motifs is 1. The normalized spacial score (nSPS) is 12.2. The van der Waals surface area contributed by atoms with Crippen molar-refractivity contribution >= 4 is 34.2 Å². The molecule has 2 aromatic heterocycles. The second-order valence-electron chi connectivity index (χ2n) is 6.18. The fourth-order valence-corrected chi connectivity index (χ4v) is 3.52. The van der Waals surface area contributed by atoms with E-state index in [1.165, 1.54) is 6.07 Å². The highest BCUT2D eigenvalue weighted by Gasteiger charge is 2.22. The van der Waals surface area contributed by atoms with Crippen LogP contribution in [0.5, 0.6) is 0 Å². The van der Waals surface area contributed by atoms with Crippen LogP contribution in [0.2, 0.25) is 0 Å². The number of benzene rings is 1. The Hall–Kier alpha value is -2.94. The van der Waals surface area contributed by atoms with Crippen LogP contribution in [0.15, 0.2) is 12.1 Å². The lowest BCUT2D eigenvalue weighted by molar-refractivity contribution is 0.0701. The molecule has 0 saturated carbocycles. The molecule has 1 atom stereocenters. The molecule has 0 fully saturated rings. The zero-order valence-electron chi connectivity index (χ0n) is 15.1. The number of aromatic carboxylic acids is 1. The first-order chi connectivity index (χ1) is 12.7. The fraction of sp³-hybridized carbons (Fsp3) is 0.278. The van der Waals surface area contributed by atoms with Crippen molar-refractivity contribution in [1.29, 1.82) is 0 Å². The molecule has 9 heteroatoms. The lowest BCUT2D eigenvalue weighted by atomic mass is 10.1. The molecule has 2 N–H and O–H groups in total. The van der Waals surface area contributed by atoms with E-state index >= 15 is 0 Å². The predicted octanol–water partition coefficient (Wildman–Crippen LogP) is 3.34. The number of thiazole rings is 1. The maximum Gasteiger partial charge on any atom is 0.347 e. The summed E-state index contributed by atoms with van der Waals surface area (Å²) in [6, 6.07) is 1.80. The zero-order valence-corrected chi connectivity index (χ0v) is 15.9. The first-order valence-electron chi connectivity index (χ1n) is 8.13. The Balaban J connectivity index is 1.95. The Labute approximate surface area is 158 Å². The number of carbonyl (C=O) groups is 2. The molecule has 2 heterocycles. The lowest BCUT2D eigenvalue weighted by Crippen LogP contribution is -2.27. The summed E-state index contributed by atoms with van der Waals surface area (Å²) in [4.78, 5) is 36.9. The molecule has 1 unspecified atom stereocenters. The van der Waals surface area contributed by atoms with Gasteiger partial charge in [0.2, 0.25) is 0 Å². The SMILES string of the molecule is Cc1nc2cc(F)cc(C(=O)NC(C)c3nc(C)c(C(=O)O)s3)c2nc1C. The monoisotopic (exact) mass is 388 g/mol. The van der Waals surface area contributed by atoms with Crippen molar-refractivity contribution in [3.63, 3.8) is 0 Å². The lowest BCUT2D eigenvalue weighted by Gasteiger charge is -2.13. The molecule has 0 saturated heterocycles. The van der Waals surface area contributed by atoms with E-state index in [1.54, 1.807) is 27.7 Å². The zero-order chi connectivity index (χ0) is 19.9. The van der Waals surface area contributed by atoms with Crippen LogP contribution in [0, 0.1) is 26.6 Å². The van der Waals surface area contributed by atoms with Crippen LogP contribution in [-0.2, 0) is 0 Å². The number of carbonyl (C=O) groups excluding carboxylic acids is 1. The summed E-state index contributed by atoms with van der Waals surface area (Å²) in [5, 5.41) is 12.3. The van der Waals surface area contributed by atoms with Crippen molar-refractivity contribution in [2.24, 2.45) is 0 Å². The van der Waals surface area contributed by atoms with E-state index in [2.05, 4.69) is 20.3 Å². The molecule has 1 aromatic carbocycles. The molecule has 1 amide bonds. The Morgan fingerprint density at radius 2 is 1.78 bits per heavy atom. The maximum atomic E-state index is 14.0. The minimum absolute atomic E-state index is 0.0687. The molecule has 3 aromatic rings. The highest BCUT2D eigenvalue weighted by molar-refractivity contribution is 7.13. The van der Waals surface area contributed by atoms with Gasteiger partial charge in [0.25, 0.3) is 5.91 Å². The molecule has 0 aliphatic heterocycles. The van der Waals surface area contributed by atoms with Crippen LogP contribution < -0.4 is 5.32 Å². The van der Waals surface area contributed by atoms with Gasteiger partial charge in [-0.15, -0.1) is 11.3 Å². The van der Waals surface area contributed by atoms with E-state index in [1.807, 2.05) is 0 Å². The first-order valence-corrected chi connectivity index (χ1v) is 8.95. The van der Waals surface area contributed by atoms with Gasteiger partial charge in [0.05, 0.1) is 34.2 Å². The molecule has 140 valence electrons. The number of hydrogen-bond donors (Lipinski definition) is 2. The van der Waals surface area contributed by atoms with Gasteiger partial charge < -0.3 is 10.4 Å². The topological polar surface area (TPSA) is 105 Å². The predicted molar refractivity (Wildman–Crippen MR) is 98.7 cm³/mol. The number of nitrogens with one attached hydrogen (secondary N) is 1. The van der Waals surface area contributed by atoms with Gasteiger partial charge in [0.15, 0.2) is 0 Å². The third kappa shape index (κ3) is 3.63. The molecule has 3 rings (SSSR count). The number of rotatable bonds is 4. The van der Waals surface area contributed by atoms with Gasteiger partial charge in [-0.3, -0.25) is 4.79 Å². The van der Waals surface area contributed by atoms with Gasteiger partial charge in [-0.1, -0.05) is 0 Å². The van der Waals surface area contributed by atoms with Crippen LogP contribution in [-0.4, -0.2) is 31.9 Å². The van der Waals surface area contributed by atoms with Crippen molar-refractivity contribution in [3.8, 4) is 0 Å². The van der Waals surface area contributed by atoms with Gasteiger partial charge in [-0.05, 0) is 33.8 Å². The summed E-state index contributed by atoms with van der Waals surface area (Å²) >= 11 is 0.997. The number of halogens is 1. The van der Waals surface area contributed by atoms with E-state index in [-0.39, 0.29) is 10.4 Å². The summed E-state index contributed by atoms with van der Waals surface area (Å²) in [5.74, 6) is -2.18. The summed E-state index contributed by atoms with van der Waals surface area (Å²) < 4.78 is 14.0. The van der Waals surface area contributed by atoms with Crippen LogP contribution in [0.25, 0.3) is 11.0 Å². The highest BCUT2D eigenvalue weighted by atomic mass is 32.1. The summed E-state index contributed by atoms with van der Waals surface area (Å²) in [6.45, 7) is 6.81. The van der Waals surface area contributed by atoms with Crippen LogP contribution in [0.1, 0.15) is 55.1 Å². The molecule has 0 radical (unpaired) electrons. The average Bonchev–Trinajstić information content (AvgIpc) is 2.98. The smallest absolute Gasteiger partial charge is 0.347 e.